The highest BCUT2D eigenvalue weighted by molar-refractivity contribution is 7.87. The molecule has 0 fully saturated rings. The summed E-state index contributed by atoms with van der Waals surface area (Å²) in [7, 11) is -3.99. The first-order valence-electron chi connectivity index (χ1n) is 7.85. The van der Waals surface area contributed by atoms with Crippen LogP contribution in [0.5, 0.6) is 5.75 Å². The number of hydrogen-bond acceptors (Lipinski definition) is 4. The quantitative estimate of drug-likeness (QED) is 0.603. The lowest BCUT2D eigenvalue weighted by Gasteiger charge is -2.09. The Morgan fingerprint density at radius 1 is 0.778 bits per heavy atom. The second-order valence-electron chi connectivity index (χ2n) is 5.46. The normalized spacial score (nSPS) is 10.9. The molecule has 138 valence electrons. The fraction of sp³-hybridized carbons (Fsp3) is 0. The predicted octanol–water partition coefficient (Wildman–Crippen LogP) is 4.75. The molecule has 0 heterocycles. The third kappa shape index (κ3) is 5.22. The molecule has 2 amide bonds. The van der Waals surface area contributed by atoms with Gasteiger partial charge >= 0.3 is 16.1 Å². The Hall–Kier alpha value is -3.03. The molecule has 0 atom stereocenters. The van der Waals surface area contributed by atoms with E-state index in [2.05, 4.69) is 10.6 Å². The van der Waals surface area contributed by atoms with Gasteiger partial charge in [0.05, 0.1) is 0 Å². The van der Waals surface area contributed by atoms with Gasteiger partial charge in [-0.05, 0) is 60.7 Å². The first-order chi connectivity index (χ1) is 12.9. The van der Waals surface area contributed by atoms with Crippen molar-refractivity contribution in [2.45, 2.75) is 4.90 Å². The number of amides is 2. The number of hydrogen-bond donors (Lipinski definition) is 2. The summed E-state index contributed by atoms with van der Waals surface area (Å²) in [6, 6.07) is 20.2. The SMILES string of the molecule is O=C(Nc1ccccc1)Nc1ccc(S(=O)(=O)Oc2ccc(Cl)cc2)cc1. The number of carbonyl (C=O) groups excluding carboxylic acids is 1. The van der Waals surface area contributed by atoms with Crippen molar-refractivity contribution in [1.82, 2.24) is 0 Å². The Morgan fingerprint density at radius 2 is 1.33 bits per heavy atom. The molecule has 0 aliphatic carbocycles. The molecule has 0 aromatic heterocycles. The van der Waals surface area contributed by atoms with Gasteiger partial charge in [0.15, 0.2) is 0 Å². The summed E-state index contributed by atoms with van der Waals surface area (Å²) in [5, 5.41) is 5.77. The highest BCUT2D eigenvalue weighted by Gasteiger charge is 2.16. The van der Waals surface area contributed by atoms with Gasteiger partial charge in [0.1, 0.15) is 10.6 Å². The molecule has 0 saturated carbocycles. The second-order valence-corrected chi connectivity index (χ2v) is 7.44. The average molecular weight is 403 g/mol. The summed E-state index contributed by atoms with van der Waals surface area (Å²) in [5.41, 5.74) is 1.08. The Kier molecular flexibility index (Phi) is 5.63. The standard InChI is InChI=1S/C19H15ClN2O4S/c20-14-6-10-17(11-7-14)26-27(24,25)18-12-8-16(9-13-18)22-19(23)21-15-4-2-1-3-5-15/h1-13H,(H2,21,22,23). The van der Waals surface area contributed by atoms with Crippen molar-refractivity contribution in [2.24, 2.45) is 0 Å². The Labute approximate surface area is 161 Å². The predicted molar refractivity (Wildman–Crippen MR) is 105 cm³/mol. The van der Waals surface area contributed by atoms with E-state index in [9.17, 15) is 13.2 Å². The van der Waals surface area contributed by atoms with E-state index < -0.39 is 16.1 Å². The van der Waals surface area contributed by atoms with Crippen molar-refractivity contribution < 1.29 is 17.4 Å². The summed E-state index contributed by atoms with van der Waals surface area (Å²) in [6.45, 7) is 0. The smallest absolute Gasteiger partial charge is 0.339 e. The van der Waals surface area contributed by atoms with E-state index in [0.717, 1.165) is 0 Å². The van der Waals surface area contributed by atoms with Crippen LogP contribution in [0.2, 0.25) is 5.02 Å². The van der Waals surface area contributed by atoms with Crippen molar-refractivity contribution in [3.05, 3.63) is 83.9 Å². The molecule has 3 aromatic carbocycles. The van der Waals surface area contributed by atoms with Crippen LogP contribution in [-0.4, -0.2) is 14.4 Å². The summed E-state index contributed by atoms with van der Waals surface area (Å²) < 4.78 is 29.7. The fourth-order valence-corrected chi connectivity index (χ4v) is 3.24. The zero-order valence-corrected chi connectivity index (χ0v) is 15.5. The van der Waals surface area contributed by atoms with Gasteiger partial charge in [0, 0.05) is 16.4 Å². The molecule has 0 aliphatic rings. The molecule has 3 aromatic rings. The lowest BCUT2D eigenvalue weighted by atomic mass is 10.3. The van der Waals surface area contributed by atoms with Crippen molar-refractivity contribution in [3.63, 3.8) is 0 Å². The number of para-hydroxylation sites is 1. The van der Waals surface area contributed by atoms with E-state index in [1.165, 1.54) is 48.5 Å². The van der Waals surface area contributed by atoms with E-state index in [0.29, 0.717) is 16.4 Å². The van der Waals surface area contributed by atoms with Gasteiger partial charge in [-0.3, -0.25) is 0 Å². The third-order valence-corrected chi connectivity index (χ3v) is 4.97. The molecule has 0 spiro atoms. The van der Waals surface area contributed by atoms with E-state index >= 15 is 0 Å². The van der Waals surface area contributed by atoms with E-state index in [4.69, 9.17) is 15.8 Å². The maximum absolute atomic E-state index is 12.3. The highest BCUT2D eigenvalue weighted by atomic mass is 35.5. The van der Waals surface area contributed by atoms with Crippen LogP contribution in [-0.2, 0) is 10.1 Å². The monoisotopic (exact) mass is 402 g/mol. The number of anilines is 2. The van der Waals surface area contributed by atoms with Crippen molar-refractivity contribution in [3.8, 4) is 5.75 Å². The third-order valence-electron chi connectivity index (χ3n) is 3.45. The molecule has 27 heavy (non-hydrogen) atoms. The molecule has 3 rings (SSSR count). The van der Waals surface area contributed by atoms with Crippen molar-refractivity contribution in [1.29, 1.82) is 0 Å². The van der Waals surface area contributed by atoms with Crippen LogP contribution in [0.15, 0.2) is 83.8 Å². The maximum Gasteiger partial charge on any atom is 0.339 e. The minimum absolute atomic E-state index is 0.0357. The summed E-state index contributed by atoms with van der Waals surface area (Å²) >= 11 is 5.77. The molecular formula is C19H15ClN2O4S. The zero-order chi connectivity index (χ0) is 19.3. The van der Waals surface area contributed by atoms with Gasteiger partial charge in [0.25, 0.3) is 0 Å². The highest BCUT2D eigenvalue weighted by Crippen LogP contribution is 2.22. The number of nitrogens with one attached hydrogen (secondary N) is 2. The lowest BCUT2D eigenvalue weighted by Crippen LogP contribution is -2.19. The van der Waals surface area contributed by atoms with E-state index in [1.54, 1.807) is 24.3 Å². The van der Waals surface area contributed by atoms with Gasteiger partial charge in [-0.2, -0.15) is 8.42 Å². The first kappa shape index (κ1) is 18.8. The van der Waals surface area contributed by atoms with Gasteiger partial charge < -0.3 is 14.8 Å². The molecule has 8 heteroatoms. The minimum Gasteiger partial charge on any atom is -0.379 e. The largest absolute Gasteiger partial charge is 0.379 e. The van der Waals surface area contributed by atoms with Crippen LogP contribution >= 0.6 is 11.6 Å². The number of benzene rings is 3. The van der Waals surface area contributed by atoms with Crippen LogP contribution in [0.3, 0.4) is 0 Å². The molecule has 0 bridgehead atoms. The summed E-state index contributed by atoms with van der Waals surface area (Å²) in [5.74, 6) is 0.156. The summed E-state index contributed by atoms with van der Waals surface area (Å²) in [6.07, 6.45) is 0. The van der Waals surface area contributed by atoms with E-state index in [1.807, 2.05) is 6.07 Å². The fourth-order valence-electron chi connectivity index (χ4n) is 2.18. The second kappa shape index (κ2) is 8.11. The van der Waals surface area contributed by atoms with Gasteiger partial charge in [-0.1, -0.05) is 29.8 Å². The topological polar surface area (TPSA) is 84.5 Å². The molecule has 6 nitrogen and oxygen atoms in total. The number of rotatable bonds is 5. The molecule has 2 N–H and O–H groups in total. The molecule has 0 saturated heterocycles. The Bertz CT molecular complexity index is 1020. The van der Waals surface area contributed by atoms with Crippen molar-refractivity contribution >= 4 is 39.1 Å². The van der Waals surface area contributed by atoms with Crippen LogP contribution in [0.4, 0.5) is 16.2 Å². The van der Waals surface area contributed by atoms with Gasteiger partial charge in [0.2, 0.25) is 0 Å². The molecular weight excluding hydrogens is 388 g/mol. The maximum atomic E-state index is 12.3. The van der Waals surface area contributed by atoms with Crippen LogP contribution in [0.25, 0.3) is 0 Å². The zero-order valence-electron chi connectivity index (χ0n) is 13.9. The molecule has 0 aliphatic heterocycles. The van der Waals surface area contributed by atoms with Crippen molar-refractivity contribution in [2.75, 3.05) is 10.6 Å². The van der Waals surface area contributed by atoms with Crippen LogP contribution in [0.1, 0.15) is 0 Å². The number of urea groups is 1. The Morgan fingerprint density at radius 3 is 1.93 bits per heavy atom. The first-order valence-corrected chi connectivity index (χ1v) is 9.64. The van der Waals surface area contributed by atoms with Crippen LogP contribution < -0.4 is 14.8 Å². The van der Waals surface area contributed by atoms with Gasteiger partial charge in [-0.15, -0.1) is 0 Å². The van der Waals surface area contributed by atoms with E-state index in [-0.39, 0.29) is 10.6 Å². The summed E-state index contributed by atoms with van der Waals surface area (Å²) in [4.78, 5) is 11.9. The minimum atomic E-state index is -3.99. The molecule has 0 radical (unpaired) electrons. The average Bonchev–Trinajstić information content (AvgIpc) is 2.65. The Balaban J connectivity index is 1.65. The molecule has 0 unspecified atom stereocenters. The van der Waals surface area contributed by atoms with Crippen LogP contribution in [0, 0.1) is 0 Å². The number of carbonyl (C=O) groups is 1. The lowest BCUT2D eigenvalue weighted by molar-refractivity contribution is 0.262. The van der Waals surface area contributed by atoms with Gasteiger partial charge in [-0.25, -0.2) is 4.79 Å². The number of halogens is 1.